The Bertz CT molecular complexity index is 354. The third-order valence-corrected chi connectivity index (χ3v) is 2.82. The van der Waals surface area contributed by atoms with Crippen LogP contribution in [0.1, 0.15) is 26.3 Å². The lowest BCUT2D eigenvalue weighted by atomic mass is 9.87. The predicted octanol–water partition coefficient (Wildman–Crippen LogP) is 2.39. The number of aliphatic hydroxyl groups is 1. The molecule has 114 valence electrons. The van der Waals surface area contributed by atoms with E-state index >= 15 is 0 Å². The van der Waals surface area contributed by atoms with Gasteiger partial charge in [-0.05, 0) is 23.1 Å². The van der Waals surface area contributed by atoms with Crippen molar-refractivity contribution in [3.63, 3.8) is 0 Å². The van der Waals surface area contributed by atoms with Gasteiger partial charge in [-0.3, -0.25) is 0 Å². The van der Waals surface area contributed by atoms with E-state index < -0.39 is 0 Å². The normalized spacial score (nSPS) is 11.6. The Balaban J connectivity index is 2.13. The molecule has 0 fully saturated rings. The summed E-state index contributed by atoms with van der Waals surface area (Å²) in [5.74, 6) is 0.859. The lowest BCUT2D eigenvalue weighted by molar-refractivity contribution is 0.0247. The van der Waals surface area contributed by atoms with Crippen LogP contribution in [0, 0.1) is 0 Å². The highest BCUT2D eigenvalue weighted by Gasteiger charge is 2.12. The monoisotopic (exact) mass is 282 g/mol. The molecule has 0 saturated heterocycles. The maximum absolute atomic E-state index is 8.52. The molecule has 1 rings (SSSR count). The number of benzene rings is 1. The molecule has 0 aliphatic rings. The van der Waals surface area contributed by atoms with E-state index in [4.69, 9.17) is 19.3 Å². The Morgan fingerprint density at radius 2 is 1.40 bits per heavy atom. The Morgan fingerprint density at radius 3 is 1.95 bits per heavy atom. The first-order chi connectivity index (χ1) is 9.54. The highest BCUT2D eigenvalue weighted by Crippen LogP contribution is 2.24. The van der Waals surface area contributed by atoms with Gasteiger partial charge in [-0.25, -0.2) is 0 Å². The van der Waals surface area contributed by atoms with Gasteiger partial charge in [0.1, 0.15) is 12.4 Å². The van der Waals surface area contributed by atoms with Gasteiger partial charge in [0.25, 0.3) is 0 Å². The Morgan fingerprint density at radius 1 is 0.850 bits per heavy atom. The molecule has 1 N–H and O–H groups in total. The summed E-state index contributed by atoms with van der Waals surface area (Å²) in [6.45, 7) is 9.06. The Hall–Kier alpha value is -1.10. The second kappa shape index (κ2) is 8.95. The fraction of sp³-hybridized carbons (Fsp3) is 0.625. The number of hydrogen-bond donors (Lipinski definition) is 1. The second-order valence-electron chi connectivity index (χ2n) is 5.57. The number of aliphatic hydroxyl groups excluding tert-OH is 1. The molecule has 0 bridgehead atoms. The minimum absolute atomic E-state index is 0.0493. The van der Waals surface area contributed by atoms with Crippen molar-refractivity contribution < 1.29 is 19.3 Å². The average molecular weight is 282 g/mol. The van der Waals surface area contributed by atoms with E-state index in [1.807, 2.05) is 12.1 Å². The number of rotatable bonds is 9. The van der Waals surface area contributed by atoms with Crippen LogP contribution in [0.5, 0.6) is 5.75 Å². The minimum Gasteiger partial charge on any atom is -0.491 e. The van der Waals surface area contributed by atoms with Crippen LogP contribution in [0.3, 0.4) is 0 Å². The van der Waals surface area contributed by atoms with Gasteiger partial charge in [-0.1, -0.05) is 32.9 Å². The number of ether oxygens (including phenoxy) is 3. The molecule has 0 atom stereocenters. The molecule has 0 amide bonds. The van der Waals surface area contributed by atoms with Gasteiger partial charge in [-0.15, -0.1) is 0 Å². The summed E-state index contributed by atoms with van der Waals surface area (Å²) in [6.07, 6.45) is 0. The molecule has 0 aromatic heterocycles. The maximum atomic E-state index is 8.52. The molecule has 0 saturated carbocycles. The zero-order valence-corrected chi connectivity index (χ0v) is 12.7. The summed E-state index contributed by atoms with van der Waals surface area (Å²) in [5, 5.41) is 8.52. The zero-order chi connectivity index (χ0) is 14.8. The molecule has 0 unspecified atom stereocenters. The van der Waals surface area contributed by atoms with Crippen LogP contribution in [-0.2, 0) is 14.9 Å². The van der Waals surface area contributed by atoms with E-state index in [0.717, 1.165) is 5.75 Å². The van der Waals surface area contributed by atoms with Gasteiger partial charge in [-0.2, -0.15) is 0 Å². The first kappa shape index (κ1) is 17.0. The van der Waals surface area contributed by atoms with E-state index in [9.17, 15) is 0 Å². The minimum atomic E-state index is 0.0493. The van der Waals surface area contributed by atoms with Gasteiger partial charge in [0, 0.05) is 0 Å². The summed E-state index contributed by atoms with van der Waals surface area (Å²) >= 11 is 0. The standard InChI is InChI=1S/C16H26O4/c1-16(2,3)14-4-6-15(7-5-14)20-13-12-19-11-10-18-9-8-17/h4-7,17H,8-13H2,1-3H3. The Kier molecular flexibility index (Phi) is 7.59. The fourth-order valence-corrected chi connectivity index (χ4v) is 1.66. The van der Waals surface area contributed by atoms with Gasteiger partial charge in [0.2, 0.25) is 0 Å². The van der Waals surface area contributed by atoms with Crippen LogP contribution in [0.25, 0.3) is 0 Å². The van der Waals surface area contributed by atoms with Crippen molar-refractivity contribution in [1.82, 2.24) is 0 Å². The quantitative estimate of drug-likeness (QED) is 0.707. The molecule has 0 spiro atoms. The maximum Gasteiger partial charge on any atom is 0.119 e. The SMILES string of the molecule is CC(C)(C)c1ccc(OCCOCCOCCO)cc1. The summed E-state index contributed by atoms with van der Waals surface area (Å²) in [7, 11) is 0. The van der Waals surface area contributed by atoms with Crippen molar-refractivity contribution in [2.24, 2.45) is 0 Å². The van der Waals surface area contributed by atoms with Crippen LogP contribution in [-0.4, -0.2) is 44.7 Å². The van der Waals surface area contributed by atoms with E-state index in [2.05, 4.69) is 32.9 Å². The highest BCUT2D eigenvalue weighted by molar-refractivity contribution is 5.31. The average Bonchev–Trinajstić information content (AvgIpc) is 2.41. The predicted molar refractivity (Wildman–Crippen MR) is 79.4 cm³/mol. The first-order valence-electron chi connectivity index (χ1n) is 7.04. The smallest absolute Gasteiger partial charge is 0.119 e. The summed E-state index contributed by atoms with van der Waals surface area (Å²) in [4.78, 5) is 0. The Labute approximate surface area is 121 Å². The third-order valence-electron chi connectivity index (χ3n) is 2.82. The van der Waals surface area contributed by atoms with Crippen molar-refractivity contribution in [1.29, 1.82) is 0 Å². The molecule has 4 heteroatoms. The second-order valence-corrected chi connectivity index (χ2v) is 5.57. The topological polar surface area (TPSA) is 47.9 Å². The first-order valence-corrected chi connectivity index (χ1v) is 7.04. The summed E-state index contributed by atoms with van der Waals surface area (Å²) < 4.78 is 16.0. The van der Waals surface area contributed by atoms with Crippen molar-refractivity contribution in [3.8, 4) is 5.75 Å². The van der Waals surface area contributed by atoms with Crippen molar-refractivity contribution in [2.75, 3.05) is 39.6 Å². The lowest BCUT2D eigenvalue weighted by Gasteiger charge is -2.19. The van der Waals surface area contributed by atoms with Crippen LogP contribution in [0.15, 0.2) is 24.3 Å². The van der Waals surface area contributed by atoms with Crippen molar-refractivity contribution in [2.45, 2.75) is 26.2 Å². The molecule has 20 heavy (non-hydrogen) atoms. The lowest BCUT2D eigenvalue weighted by Crippen LogP contribution is -2.12. The largest absolute Gasteiger partial charge is 0.491 e. The van der Waals surface area contributed by atoms with E-state index in [-0.39, 0.29) is 12.0 Å². The van der Waals surface area contributed by atoms with Crippen molar-refractivity contribution >= 4 is 0 Å². The summed E-state index contributed by atoms with van der Waals surface area (Å²) in [6, 6.07) is 8.17. The highest BCUT2D eigenvalue weighted by atomic mass is 16.5. The van der Waals surface area contributed by atoms with E-state index in [1.54, 1.807) is 0 Å². The molecule has 1 aromatic rings. The van der Waals surface area contributed by atoms with Crippen molar-refractivity contribution in [3.05, 3.63) is 29.8 Å². The molecule has 0 aliphatic heterocycles. The summed E-state index contributed by atoms with van der Waals surface area (Å²) in [5.41, 5.74) is 1.46. The van der Waals surface area contributed by atoms with Gasteiger partial charge in [0.15, 0.2) is 0 Å². The van der Waals surface area contributed by atoms with Crippen LogP contribution >= 0.6 is 0 Å². The molecule has 0 heterocycles. The van der Waals surface area contributed by atoms with E-state index in [1.165, 1.54) is 5.56 Å². The van der Waals surface area contributed by atoms with Crippen LogP contribution in [0.2, 0.25) is 0 Å². The molecule has 4 nitrogen and oxygen atoms in total. The molecule has 0 aliphatic carbocycles. The van der Waals surface area contributed by atoms with Crippen LogP contribution < -0.4 is 4.74 Å². The molecular weight excluding hydrogens is 256 g/mol. The van der Waals surface area contributed by atoms with Gasteiger partial charge in [0.05, 0.1) is 33.0 Å². The number of hydrogen-bond acceptors (Lipinski definition) is 4. The van der Waals surface area contributed by atoms with E-state index in [0.29, 0.717) is 33.0 Å². The molecular formula is C16H26O4. The zero-order valence-electron chi connectivity index (χ0n) is 12.7. The third kappa shape index (κ3) is 6.89. The van der Waals surface area contributed by atoms with Crippen LogP contribution in [0.4, 0.5) is 0 Å². The fourth-order valence-electron chi connectivity index (χ4n) is 1.66. The van der Waals surface area contributed by atoms with Gasteiger partial charge >= 0.3 is 0 Å². The molecule has 0 radical (unpaired) electrons. The van der Waals surface area contributed by atoms with Gasteiger partial charge < -0.3 is 19.3 Å². The molecule has 1 aromatic carbocycles.